The third kappa shape index (κ3) is 4.61. The molecule has 0 aliphatic heterocycles. The van der Waals surface area contributed by atoms with Crippen molar-refractivity contribution in [1.29, 1.82) is 0 Å². The van der Waals surface area contributed by atoms with Crippen molar-refractivity contribution >= 4 is 24.0 Å². The fraction of sp³-hybridized carbons (Fsp3) is 0.333. The Morgan fingerprint density at radius 1 is 1.25 bits per heavy atom. The van der Waals surface area contributed by atoms with E-state index in [4.69, 9.17) is 10.5 Å². The fourth-order valence-corrected chi connectivity index (χ4v) is 2.53. The second-order valence-electron chi connectivity index (χ2n) is 5.86. The topological polar surface area (TPSA) is 68.5 Å². The Kier molecular flexibility index (Phi) is 6.04. The number of amides is 1. The van der Waals surface area contributed by atoms with Crippen molar-refractivity contribution in [3.63, 3.8) is 0 Å². The molecule has 2 N–H and O–H groups in total. The van der Waals surface area contributed by atoms with Crippen molar-refractivity contribution < 1.29 is 9.53 Å². The van der Waals surface area contributed by atoms with E-state index in [2.05, 4.69) is 4.98 Å². The standard InChI is InChI=1S/C18H21N3O2.ClH/c1-23-17-8-2-13(3-9-17)12-21(16-6-7-16)18(22)10-15-5-4-14(19)11-20-15;/h2-5,8-9,11,16H,6-7,10,12,19H2,1H3;1H. The average Bonchev–Trinajstić information content (AvgIpc) is 3.40. The lowest BCUT2D eigenvalue weighted by atomic mass is 10.1. The Morgan fingerprint density at radius 3 is 2.50 bits per heavy atom. The first-order valence-electron chi connectivity index (χ1n) is 7.78. The number of nitrogen functional groups attached to an aromatic ring is 1. The molecule has 0 atom stereocenters. The van der Waals surface area contributed by atoms with Gasteiger partial charge in [-0.3, -0.25) is 9.78 Å². The number of benzene rings is 1. The maximum absolute atomic E-state index is 12.6. The van der Waals surface area contributed by atoms with Gasteiger partial charge in [0.05, 0.1) is 25.4 Å². The number of rotatable bonds is 6. The Hall–Kier alpha value is -2.27. The summed E-state index contributed by atoms with van der Waals surface area (Å²) in [6, 6.07) is 11.8. The molecule has 1 aliphatic carbocycles. The van der Waals surface area contributed by atoms with Gasteiger partial charge >= 0.3 is 0 Å². The first kappa shape index (κ1) is 18.1. The summed E-state index contributed by atoms with van der Waals surface area (Å²) in [4.78, 5) is 18.8. The third-order valence-corrected chi connectivity index (χ3v) is 4.00. The number of nitrogens with two attached hydrogens (primary N) is 1. The number of carbonyl (C=O) groups is 1. The molecule has 0 spiro atoms. The molecule has 1 fully saturated rings. The SMILES string of the molecule is COc1ccc(CN(C(=O)Cc2ccc(N)cn2)C2CC2)cc1.Cl. The maximum Gasteiger partial charge on any atom is 0.229 e. The fourth-order valence-electron chi connectivity index (χ4n) is 2.53. The summed E-state index contributed by atoms with van der Waals surface area (Å²) < 4.78 is 5.17. The highest BCUT2D eigenvalue weighted by Gasteiger charge is 2.32. The normalized spacial score (nSPS) is 13.0. The molecule has 0 unspecified atom stereocenters. The molecule has 1 saturated carbocycles. The third-order valence-electron chi connectivity index (χ3n) is 4.00. The van der Waals surface area contributed by atoms with Gasteiger partial charge in [-0.2, -0.15) is 0 Å². The van der Waals surface area contributed by atoms with Gasteiger partial charge in [-0.15, -0.1) is 12.4 Å². The van der Waals surface area contributed by atoms with E-state index in [-0.39, 0.29) is 18.3 Å². The predicted octanol–water partition coefficient (Wildman–Crippen LogP) is 2.83. The van der Waals surface area contributed by atoms with Crippen molar-refractivity contribution in [2.24, 2.45) is 0 Å². The zero-order valence-electron chi connectivity index (χ0n) is 13.6. The average molecular weight is 348 g/mol. The van der Waals surface area contributed by atoms with Crippen LogP contribution in [0.3, 0.4) is 0 Å². The molecule has 1 heterocycles. The summed E-state index contributed by atoms with van der Waals surface area (Å²) in [6.45, 7) is 0.627. The number of aromatic nitrogens is 1. The number of carbonyl (C=O) groups excluding carboxylic acids is 1. The van der Waals surface area contributed by atoms with E-state index in [1.54, 1.807) is 19.4 Å². The largest absolute Gasteiger partial charge is 0.497 e. The summed E-state index contributed by atoms with van der Waals surface area (Å²) in [7, 11) is 1.65. The molecule has 3 rings (SSSR count). The van der Waals surface area contributed by atoms with E-state index in [9.17, 15) is 4.79 Å². The van der Waals surface area contributed by atoms with Gasteiger partial charge in [0.2, 0.25) is 5.91 Å². The van der Waals surface area contributed by atoms with E-state index in [0.717, 1.165) is 29.8 Å². The first-order chi connectivity index (χ1) is 11.2. The lowest BCUT2D eigenvalue weighted by Crippen LogP contribution is -2.34. The van der Waals surface area contributed by atoms with Crippen LogP contribution in [0.2, 0.25) is 0 Å². The Morgan fingerprint density at radius 2 is 1.96 bits per heavy atom. The monoisotopic (exact) mass is 347 g/mol. The summed E-state index contributed by atoms with van der Waals surface area (Å²) in [5, 5.41) is 0. The van der Waals surface area contributed by atoms with Crippen LogP contribution in [0.15, 0.2) is 42.6 Å². The Balaban J connectivity index is 0.00000208. The van der Waals surface area contributed by atoms with Crippen molar-refractivity contribution in [2.45, 2.75) is 31.8 Å². The van der Waals surface area contributed by atoms with Crippen LogP contribution in [0.1, 0.15) is 24.1 Å². The van der Waals surface area contributed by atoms with Crippen LogP contribution < -0.4 is 10.5 Å². The molecule has 0 bridgehead atoms. The maximum atomic E-state index is 12.6. The molecule has 0 radical (unpaired) electrons. The van der Waals surface area contributed by atoms with E-state index >= 15 is 0 Å². The lowest BCUT2D eigenvalue weighted by molar-refractivity contribution is -0.131. The highest BCUT2D eigenvalue weighted by molar-refractivity contribution is 5.85. The molecular weight excluding hydrogens is 326 g/mol. The van der Waals surface area contributed by atoms with E-state index in [1.165, 1.54) is 0 Å². The summed E-state index contributed by atoms with van der Waals surface area (Å²) in [5.74, 6) is 0.935. The minimum Gasteiger partial charge on any atom is -0.497 e. The quantitative estimate of drug-likeness (QED) is 0.872. The number of anilines is 1. The van der Waals surface area contributed by atoms with E-state index < -0.39 is 0 Å². The number of methoxy groups -OCH3 is 1. The molecule has 2 aromatic rings. The Labute approximate surface area is 148 Å². The lowest BCUT2D eigenvalue weighted by Gasteiger charge is -2.22. The van der Waals surface area contributed by atoms with Crippen LogP contribution >= 0.6 is 12.4 Å². The van der Waals surface area contributed by atoms with Crippen molar-refractivity contribution in [3.05, 3.63) is 53.9 Å². The van der Waals surface area contributed by atoms with Crippen LogP contribution in [0.4, 0.5) is 5.69 Å². The summed E-state index contributed by atoms with van der Waals surface area (Å²) in [5.41, 5.74) is 8.10. The van der Waals surface area contributed by atoms with Gasteiger partial charge < -0.3 is 15.4 Å². The molecule has 128 valence electrons. The van der Waals surface area contributed by atoms with Gasteiger partial charge in [-0.05, 0) is 42.7 Å². The van der Waals surface area contributed by atoms with Gasteiger partial charge in [0.15, 0.2) is 0 Å². The van der Waals surface area contributed by atoms with Crippen LogP contribution in [-0.4, -0.2) is 28.9 Å². The number of ether oxygens (including phenoxy) is 1. The highest BCUT2D eigenvalue weighted by atomic mass is 35.5. The summed E-state index contributed by atoms with van der Waals surface area (Å²) in [6.07, 6.45) is 4.06. The zero-order valence-corrected chi connectivity index (χ0v) is 14.5. The molecule has 1 aliphatic rings. The van der Waals surface area contributed by atoms with Gasteiger partial charge in [-0.25, -0.2) is 0 Å². The predicted molar refractivity (Wildman–Crippen MR) is 96.2 cm³/mol. The molecule has 5 nitrogen and oxygen atoms in total. The minimum absolute atomic E-state index is 0. The molecule has 6 heteroatoms. The molecule has 1 aromatic carbocycles. The zero-order chi connectivity index (χ0) is 16.2. The van der Waals surface area contributed by atoms with E-state index in [0.29, 0.717) is 24.7 Å². The summed E-state index contributed by atoms with van der Waals surface area (Å²) >= 11 is 0. The number of hydrogen-bond acceptors (Lipinski definition) is 4. The van der Waals surface area contributed by atoms with Gasteiger partial charge in [0, 0.05) is 18.3 Å². The van der Waals surface area contributed by atoms with Crippen LogP contribution in [-0.2, 0) is 17.8 Å². The molecular formula is C18H22ClN3O2. The van der Waals surface area contributed by atoms with Gasteiger partial charge in [0.25, 0.3) is 0 Å². The second-order valence-corrected chi connectivity index (χ2v) is 5.86. The minimum atomic E-state index is 0. The number of pyridine rings is 1. The van der Waals surface area contributed by atoms with Crippen molar-refractivity contribution in [1.82, 2.24) is 9.88 Å². The van der Waals surface area contributed by atoms with Crippen LogP contribution in [0.5, 0.6) is 5.75 Å². The highest BCUT2D eigenvalue weighted by Crippen LogP contribution is 2.29. The van der Waals surface area contributed by atoms with Crippen molar-refractivity contribution in [2.75, 3.05) is 12.8 Å². The molecule has 1 amide bonds. The Bertz CT molecular complexity index is 670. The van der Waals surface area contributed by atoms with Crippen LogP contribution in [0.25, 0.3) is 0 Å². The molecule has 1 aromatic heterocycles. The number of hydrogen-bond donors (Lipinski definition) is 1. The van der Waals surface area contributed by atoms with Gasteiger partial charge in [-0.1, -0.05) is 12.1 Å². The molecule has 24 heavy (non-hydrogen) atoms. The first-order valence-corrected chi connectivity index (χ1v) is 7.78. The second kappa shape index (κ2) is 8.02. The van der Waals surface area contributed by atoms with Crippen LogP contribution in [0, 0.1) is 0 Å². The number of halogens is 1. The van der Waals surface area contributed by atoms with Crippen molar-refractivity contribution in [3.8, 4) is 5.75 Å². The smallest absolute Gasteiger partial charge is 0.229 e. The molecule has 0 saturated heterocycles. The number of nitrogens with zero attached hydrogens (tertiary/aromatic N) is 2. The van der Waals surface area contributed by atoms with E-state index in [1.807, 2.05) is 35.2 Å². The van der Waals surface area contributed by atoms with Gasteiger partial charge in [0.1, 0.15) is 5.75 Å².